The van der Waals surface area contributed by atoms with Crippen LogP contribution >= 0.6 is 0 Å². The molecule has 1 aliphatic rings. The van der Waals surface area contributed by atoms with Crippen LogP contribution in [0.3, 0.4) is 0 Å². The number of nitrogen functional groups attached to an aromatic ring is 1. The van der Waals surface area contributed by atoms with Crippen molar-refractivity contribution in [1.82, 2.24) is 0 Å². The zero-order valence-corrected chi connectivity index (χ0v) is 15.6. The third-order valence-corrected chi connectivity index (χ3v) is 5.03. The van der Waals surface area contributed by atoms with E-state index >= 15 is 0 Å². The predicted molar refractivity (Wildman–Crippen MR) is 110 cm³/mol. The SMILES string of the molecule is Nc1ccc(O)c2c1C(=O)c1c(O)c(-c3ccc(O)cc3)cc(NCCO)c1C2=O. The molecule has 0 heterocycles. The lowest BCUT2D eigenvalue weighted by molar-refractivity contribution is 0.0975. The second kappa shape index (κ2) is 7.09. The fraction of sp³-hybridized carbons (Fsp3) is 0.0909. The van der Waals surface area contributed by atoms with Gasteiger partial charge >= 0.3 is 0 Å². The van der Waals surface area contributed by atoms with E-state index in [0.717, 1.165) is 0 Å². The molecule has 0 aliphatic heterocycles. The standard InChI is InChI=1S/C22H18N2O6/c23-13-5-6-15(27)18-16(13)21(29)19-17(22(18)30)14(24-7-8-25)9-12(20(19)28)10-1-3-11(26)4-2-10/h1-6,9,24-28H,7-8,23H2. The van der Waals surface area contributed by atoms with Crippen molar-refractivity contribution < 1.29 is 30.0 Å². The number of ketones is 2. The van der Waals surface area contributed by atoms with Crippen LogP contribution in [0.1, 0.15) is 31.8 Å². The third kappa shape index (κ3) is 2.82. The van der Waals surface area contributed by atoms with Crippen LogP contribution in [0.15, 0.2) is 42.5 Å². The first-order valence-electron chi connectivity index (χ1n) is 9.10. The zero-order valence-electron chi connectivity index (χ0n) is 15.6. The number of hydrogen-bond acceptors (Lipinski definition) is 8. The smallest absolute Gasteiger partial charge is 0.200 e. The van der Waals surface area contributed by atoms with Crippen molar-refractivity contribution in [3.8, 4) is 28.4 Å². The Bertz CT molecular complexity index is 1200. The van der Waals surface area contributed by atoms with Gasteiger partial charge in [-0.15, -0.1) is 0 Å². The number of anilines is 2. The molecule has 0 unspecified atom stereocenters. The van der Waals surface area contributed by atoms with Gasteiger partial charge in [-0.2, -0.15) is 0 Å². The molecule has 30 heavy (non-hydrogen) atoms. The summed E-state index contributed by atoms with van der Waals surface area (Å²) in [6, 6.07) is 9.98. The molecule has 8 nitrogen and oxygen atoms in total. The normalized spacial score (nSPS) is 12.4. The number of nitrogens with two attached hydrogens (primary N) is 1. The number of aliphatic hydroxyl groups is 1. The lowest BCUT2D eigenvalue weighted by atomic mass is 9.79. The highest BCUT2D eigenvalue weighted by Crippen LogP contribution is 2.46. The van der Waals surface area contributed by atoms with E-state index in [1.807, 2.05) is 0 Å². The molecule has 0 aromatic heterocycles. The molecule has 0 spiro atoms. The predicted octanol–water partition coefficient (Wildman–Crippen LogP) is 2.23. The second-order valence-electron chi connectivity index (χ2n) is 6.85. The molecule has 8 heteroatoms. The topological polar surface area (TPSA) is 153 Å². The molecule has 3 aromatic carbocycles. The fourth-order valence-corrected chi connectivity index (χ4v) is 3.65. The van der Waals surface area contributed by atoms with Crippen molar-refractivity contribution in [3.63, 3.8) is 0 Å². The number of phenolic OH excluding ortho intramolecular Hbond substituents is 3. The summed E-state index contributed by atoms with van der Waals surface area (Å²) >= 11 is 0. The van der Waals surface area contributed by atoms with Crippen LogP contribution in [-0.2, 0) is 0 Å². The lowest BCUT2D eigenvalue weighted by Gasteiger charge is -2.25. The van der Waals surface area contributed by atoms with E-state index in [0.29, 0.717) is 5.56 Å². The van der Waals surface area contributed by atoms with Crippen LogP contribution in [0.4, 0.5) is 11.4 Å². The van der Waals surface area contributed by atoms with Crippen LogP contribution < -0.4 is 11.1 Å². The molecule has 0 bridgehead atoms. The molecule has 0 amide bonds. The molecule has 1 aliphatic carbocycles. The molecule has 4 rings (SSSR count). The van der Waals surface area contributed by atoms with Crippen LogP contribution in [0, 0.1) is 0 Å². The van der Waals surface area contributed by atoms with Gasteiger partial charge in [-0.1, -0.05) is 12.1 Å². The highest BCUT2D eigenvalue weighted by Gasteiger charge is 2.38. The third-order valence-electron chi connectivity index (χ3n) is 5.03. The Balaban J connectivity index is 2.04. The van der Waals surface area contributed by atoms with Gasteiger partial charge < -0.3 is 31.5 Å². The molecule has 0 radical (unpaired) electrons. The molecule has 0 saturated heterocycles. The Morgan fingerprint density at radius 1 is 0.833 bits per heavy atom. The number of phenols is 3. The van der Waals surface area contributed by atoms with Gasteiger partial charge in [-0.3, -0.25) is 9.59 Å². The van der Waals surface area contributed by atoms with Gasteiger partial charge in [0.2, 0.25) is 11.6 Å². The first-order chi connectivity index (χ1) is 14.3. The molecular formula is C22H18N2O6. The molecule has 3 aromatic rings. The van der Waals surface area contributed by atoms with Gasteiger partial charge in [0.25, 0.3) is 0 Å². The average Bonchev–Trinajstić information content (AvgIpc) is 2.73. The highest BCUT2D eigenvalue weighted by molar-refractivity contribution is 6.34. The van der Waals surface area contributed by atoms with Crippen LogP contribution in [0.25, 0.3) is 11.1 Å². The highest BCUT2D eigenvalue weighted by atomic mass is 16.3. The van der Waals surface area contributed by atoms with E-state index in [-0.39, 0.29) is 58.1 Å². The first-order valence-corrected chi connectivity index (χ1v) is 9.10. The summed E-state index contributed by atoms with van der Waals surface area (Å²) in [5.74, 6) is -2.15. The number of rotatable bonds is 4. The Labute approximate surface area is 170 Å². The van der Waals surface area contributed by atoms with E-state index < -0.39 is 23.1 Å². The quantitative estimate of drug-likeness (QED) is 0.223. The van der Waals surface area contributed by atoms with E-state index in [9.17, 15) is 30.0 Å². The van der Waals surface area contributed by atoms with Gasteiger partial charge in [0.1, 0.15) is 17.2 Å². The van der Waals surface area contributed by atoms with Crippen LogP contribution in [0.5, 0.6) is 17.2 Å². The van der Waals surface area contributed by atoms with E-state index in [1.165, 1.54) is 30.3 Å². The number of nitrogens with one attached hydrogen (secondary N) is 1. The number of carbonyl (C=O) groups is 2. The van der Waals surface area contributed by atoms with Crippen molar-refractivity contribution in [2.75, 3.05) is 24.2 Å². The average molecular weight is 406 g/mol. The lowest BCUT2D eigenvalue weighted by Crippen LogP contribution is -2.25. The molecular weight excluding hydrogens is 388 g/mol. The summed E-state index contributed by atoms with van der Waals surface area (Å²) in [5.41, 5.74) is 6.13. The van der Waals surface area contributed by atoms with Crippen molar-refractivity contribution >= 4 is 22.9 Å². The summed E-state index contributed by atoms with van der Waals surface area (Å²) in [5, 5.41) is 42.8. The number of aliphatic hydroxyl groups excluding tert-OH is 1. The van der Waals surface area contributed by atoms with E-state index in [2.05, 4.69) is 5.32 Å². The second-order valence-corrected chi connectivity index (χ2v) is 6.85. The molecule has 0 atom stereocenters. The molecule has 0 fully saturated rings. The minimum absolute atomic E-state index is 0.00565. The minimum atomic E-state index is -0.696. The Kier molecular flexibility index (Phi) is 4.56. The Morgan fingerprint density at radius 2 is 1.50 bits per heavy atom. The molecule has 7 N–H and O–H groups in total. The summed E-state index contributed by atoms with van der Waals surface area (Å²) in [4.78, 5) is 26.5. The van der Waals surface area contributed by atoms with Crippen LogP contribution in [0.2, 0.25) is 0 Å². The molecule has 0 saturated carbocycles. The van der Waals surface area contributed by atoms with E-state index in [1.54, 1.807) is 12.1 Å². The minimum Gasteiger partial charge on any atom is -0.508 e. The van der Waals surface area contributed by atoms with Crippen molar-refractivity contribution in [1.29, 1.82) is 0 Å². The van der Waals surface area contributed by atoms with Crippen molar-refractivity contribution in [2.24, 2.45) is 0 Å². The number of fused-ring (bicyclic) bond motifs is 2. The maximum Gasteiger partial charge on any atom is 0.200 e. The largest absolute Gasteiger partial charge is 0.508 e. The van der Waals surface area contributed by atoms with Gasteiger partial charge in [0.15, 0.2) is 0 Å². The van der Waals surface area contributed by atoms with E-state index in [4.69, 9.17) is 5.73 Å². The fourth-order valence-electron chi connectivity index (χ4n) is 3.65. The number of hydrogen-bond donors (Lipinski definition) is 6. The van der Waals surface area contributed by atoms with Gasteiger partial charge in [-0.25, -0.2) is 0 Å². The number of benzene rings is 3. The Morgan fingerprint density at radius 3 is 2.17 bits per heavy atom. The van der Waals surface area contributed by atoms with Gasteiger partial charge in [0, 0.05) is 23.5 Å². The number of carbonyl (C=O) groups excluding carboxylic acids is 2. The number of aromatic hydroxyl groups is 3. The summed E-state index contributed by atoms with van der Waals surface area (Å²) in [6.45, 7) is -0.148. The van der Waals surface area contributed by atoms with Crippen LogP contribution in [-0.4, -0.2) is 45.1 Å². The van der Waals surface area contributed by atoms with Gasteiger partial charge in [-0.05, 0) is 35.9 Å². The first kappa shape index (κ1) is 19.3. The summed E-state index contributed by atoms with van der Waals surface area (Å²) < 4.78 is 0. The maximum atomic E-state index is 13.3. The van der Waals surface area contributed by atoms with Crippen molar-refractivity contribution in [2.45, 2.75) is 0 Å². The summed E-state index contributed by atoms with van der Waals surface area (Å²) in [7, 11) is 0. The summed E-state index contributed by atoms with van der Waals surface area (Å²) in [6.07, 6.45) is 0. The Hall–Kier alpha value is -4.04. The van der Waals surface area contributed by atoms with Crippen molar-refractivity contribution in [3.05, 3.63) is 64.7 Å². The maximum absolute atomic E-state index is 13.3. The molecule has 152 valence electrons. The monoisotopic (exact) mass is 406 g/mol. The van der Waals surface area contributed by atoms with Gasteiger partial charge in [0.05, 0.1) is 28.9 Å². The zero-order chi connectivity index (χ0) is 21.6.